The van der Waals surface area contributed by atoms with Gasteiger partial charge in [0, 0.05) is 24.4 Å². The van der Waals surface area contributed by atoms with Crippen LogP contribution in [0.3, 0.4) is 0 Å². The molecule has 2 aromatic carbocycles. The van der Waals surface area contributed by atoms with Gasteiger partial charge in [0.2, 0.25) is 5.91 Å². The van der Waals surface area contributed by atoms with Gasteiger partial charge in [-0.3, -0.25) is 4.79 Å². The number of rotatable bonds is 7. The minimum Gasteiger partial charge on any atom is -0.356 e. The molecule has 3 rings (SSSR count). The number of nitrogens with zero attached hydrogens (tertiary/aromatic N) is 1. The first-order chi connectivity index (χ1) is 12.6. The van der Waals surface area contributed by atoms with Crippen molar-refractivity contribution in [3.05, 3.63) is 71.1 Å². The molecule has 0 aliphatic carbocycles. The smallest absolute Gasteiger partial charge is 0.216 e. The van der Waals surface area contributed by atoms with Crippen molar-refractivity contribution in [1.82, 2.24) is 10.3 Å². The number of amides is 1. The second kappa shape index (κ2) is 8.63. The largest absolute Gasteiger partial charge is 0.356 e. The van der Waals surface area contributed by atoms with Gasteiger partial charge in [-0.1, -0.05) is 54.6 Å². The molecule has 1 heterocycles. The van der Waals surface area contributed by atoms with Gasteiger partial charge in [-0.25, -0.2) is 4.98 Å². The Bertz CT molecular complexity index is 843. The molecule has 1 amide bonds. The zero-order valence-corrected chi connectivity index (χ0v) is 15.8. The number of hydrogen-bond acceptors (Lipinski definition) is 4. The van der Waals surface area contributed by atoms with Gasteiger partial charge < -0.3 is 10.6 Å². The fourth-order valence-corrected chi connectivity index (χ4v) is 3.52. The number of benzene rings is 2. The maximum absolute atomic E-state index is 10.9. The first kappa shape index (κ1) is 18.1. The molecular formula is C21H23N3OS. The molecule has 0 fully saturated rings. The van der Waals surface area contributed by atoms with Crippen LogP contribution in [0.15, 0.2) is 60.0 Å². The fraction of sp³-hybridized carbons (Fsp3) is 0.238. The highest BCUT2D eigenvalue weighted by Crippen LogP contribution is 2.27. The third-order valence-corrected chi connectivity index (χ3v) is 4.95. The molecule has 0 saturated carbocycles. The summed E-state index contributed by atoms with van der Waals surface area (Å²) in [5, 5.41) is 9.28. The predicted octanol–water partition coefficient (Wildman–Crippen LogP) is 4.66. The number of anilines is 1. The summed E-state index contributed by atoms with van der Waals surface area (Å²) in [6, 6.07) is 18.9. The van der Waals surface area contributed by atoms with Crippen LogP contribution in [0.5, 0.6) is 0 Å². The third-order valence-electron chi connectivity index (χ3n) is 4.18. The van der Waals surface area contributed by atoms with Crippen molar-refractivity contribution in [2.75, 3.05) is 11.9 Å². The highest BCUT2D eigenvalue weighted by Gasteiger charge is 2.09. The summed E-state index contributed by atoms with van der Waals surface area (Å²) < 4.78 is 0. The molecule has 0 saturated heterocycles. The van der Waals surface area contributed by atoms with Gasteiger partial charge in [0.05, 0.1) is 11.7 Å². The normalized spacial score (nSPS) is 11.8. The molecule has 2 N–H and O–H groups in total. The van der Waals surface area contributed by atoms with Gasteiger partial charge in [0.25, 0.3) is 0 Å². The van der Waals surface area contributed by atoms with Gasteiger partial charge in [-0.05, 0) is 24.5 Å². The highest BCUT2D eigenvalue weighted by molar-refractivity contribution is 7.14. The zero-order valence-electron chi connectivity index (χ0n) is 15.0. The summed E-state index contributed by atoms with van der Waals surface area (Å²) in [6.45, 7) is 4.34. The summed E-state index contributed by atoms with van der Waals surface area (Å²) in [4.78, 5) is 15.6. The lowest BCUT2D eigenvalue weighted by Crippen LogP contribution is -2.22. The van der Waals surface area contributed by atoms with Crippen LogP contribution in [0.4, 0.5) is 5.13 Å². The predicted molar refractivity (Wildman–Crippen MR) is 108 cm³/mol. The van der Waals surface area contributed by atoms with E-state index in [0.29, 0.717) is 6.54 Å². The Balaban J connectivity index is 1.61. The zero-order chi connectivity index (χ0) is 18.4. The van der Waals surface area contributed by atoms with Crippen molar-refractivity contribution < 1.29 is 4.79 Å². The second-order valence-electron chi connectivity index (χ2n) is 6.24. The Morgan fingerprint density at radius 3 is 2.54 bits per heavy atom. The van der Waals surface area contributed by atoms with Gasteiger partial charge in [0.1, 0.15) is 0 Å². The van der Waals surface area contributed by atoms with E-state index >= 15 is 0 Å². The van der Waals surface area contributed by atoms with E-state index in [-0.39, 0.29) is 11.9 Å². The van der Waals surface area contributed by atoms with Gasteiger partial charge in [-0.2, -0.15) is 0 Å². The lowest BCUT2D eigenvalue weighted by atomic mass is 10.1. The average molecular weight is 366 g/mol. The highest BCUT2D eigenvalue weighted by atomic mass is 32.1. The van der Waals surface area contributed by atoms with Crippen molar-refractivity contribution >= 4 is 22.4 Å². The summed E-state index contributed by atoms with van der Waals surface area (Å²) in [7, 11) is 0. The fourth-order valence-electron chi connectivity index (χ4n) is 2.71. The van der Waals surface area contributed by atoms with E-state index < -0.39 is 0 Å². The number of thiazole rings is 1. The van der Waals surface area contributed by atoms with E-state index in [1.807, 2.05) is 18.2 Å². The summed E-state index contributed by atoms with van der Waals surface area (Å²) >= 11 is 1.62. The van der Waals surface area contributed by atoms with Crippen molar-refractivity contribution in [3.8, 4) is 11.3 Å². The summed E-state index contributed by atoms with van der Waals surface area (Å²) in [5.41, 5.74) is 4.53. The van der Waals surface area contributed by atoms with Crippen LogP contribution in [0.2, 0.25) is 0 Å². The number of aromatic nitrogens is 1. The summed E-state index contributed by atoms with van der Waals surface area (Å²) in [5.74, 6) is 0.00820. The Morgan fingerprint density at radius 1 is 1.12 bits per heavy atom. The monoisotopic (exact) mass is 365 g/mol. The molecule has 1 atom stereocenters. The third kappa shape index (κ3) is 4.92. The van der Waals surface area contributed by atoms with E-state index in [4.69, 9.17) is 4.98 Å². The summed E-state index contributed by atoms with van der Waals surface area (Å²) in [6.07, 6.45) is 0.832. The number of carbonyl (C=O) groups excluding carboxylic acids is 1. The Labute approximate surface area is 158 Å². The van der Waals surface area contributed by atoms with Crippen LogP contribution >= 0.6 is 11.3 Å². The molecule has 0 bridgehead atoms. The minimum absolute atomic E-state index is 0.00820. The van der Waals surface area contributed by atoms with E-state index in [2.05, 4.69) is 59.3 Å². The standard InChI is InChI=1S/C21H23N3OS/c1-15(18-6-4-3-5-7-18)23-21-24-20(14-26-21)19-10-8-17(9-11-19)12-13-22-16(2)25/h3-11,14-15H,12-13H2,1-2H3,(H,22,25)(H,23,24)/t15-/m1/s1. The minimum atomic E-state index is 0.00820. The quantitative estimate of drug-likeness (QED) is 0.640. The van der Waals surface area contributed by atoms with Crippen LogP contribution < -0.4 is 10.6 Å². The molecule has 1 aromatic heterocycles. The lowest BCUT2D eigenvalue weighted by Gasteiger charge is -2.12. The van der Waals surface area contributed by atoms with E-state index in [0.717, 1.165) is 22.8 Å². The van der Waals surface area contributed by atoms with Crippen molar-refractivity contribution in [1.29, 1.82) is 0 Å². The Kier molecular flexibility index (Phi) is 6.02. The van der Waals surface area contributed by atoms with E-state index in [9.17, 15) is 4.79 Å². The topological polar surface area (TPSA) is 54.0 Å². The van der Waals surface area contributed by atoms with Crippen LogP contribution in [0, 0.1) is 0 Å². The molecule has 3 aromatic rings. The van der Waals surface area contributed by atoms with Gasteiger partial charge >= 0.3 is 0 Å². The van der Waals surface area contributed by atoms with Crippen molar-refractivity contribution in [2.45, 2.75) is 26.3 Å². The van der Waals surface area contributed by atoms with Crippen LogP contribution in [-0.4, -0.2) is 17.4 Å². The molecule has 4 nitrogen and oxygen atoms in total. The number of nitrogens with one attached hydrogen (secondary N) is 2. The second-order valence-corrected chi connectivity index (χ2v) is 7.10. The van der Waals surface area contributed by atoms with Gasteiger partial charge in [0.15, 0.2) is 5.13 Å². The lowest BCUT2D eigenvalue weighted by molar-refractivity contribution is -0.118. The van der Waals surface area contributed by atoms with Gasteiger partial charge in [-0.15, -0.1) is 11.3 Å². The van der Waals surface area contributed by atoms with Crippen LogP contribution in [-0.2, 0) is 11.2 Å². The molecule has 0 aliphatic rings. The number of carbonyl (C=O) groups is 1. The van der Waals surface area contributed by atoms with E-state index in [1.165, 1.54) is 18.1 Å². The van der Waals surface area contributed by atoms with Crippen molar-refractivity contribution in [2.24, 2.45) is 0 Å². The molecular weight excluding hydrogens is 342 g/mol. The molecule has 0 radical (unpaired) electrons. The Hall–Kier alpha value is -2.66. The molecule has 26 heavy (non-hydrogen) atoms. The van der Waals surface area contributed by atoms with Crippen molar-refractivity contribution in [3.63, 3.8) is 0 Å². The molecule has 0 unspecified atom stereocenters. The van der Waals surface area contributed by atoms with E-state index in [1.54, 1.807) is 11.3 Å². The SMILES string of the molecule is CC(=O)NCCc1ccc(-c2csc(N[C@H](C)c3ccccc3)n2)cc1. The first-order valence-electron chi connectivity index (χ1n) is 8.72. The average Bonchev–Trinajstić information content (AvgIpc) is 3.11. The molecule has 134 valence electrons. The maximum atomic E-state index is 10.9. The molecule has 0 spiro atoms. The number of hydrogen-bond donors (Lipinski definition) is 2. The maximum Gasteiger partial charge on any atom is 0.216 e. The van der Waals surface area contributed by atoms with Crippen LogP contribution in [0.1, 0.15) is 31.0 Å². The first-order valence-corrected chi connectivity index (χ1v) is 9.60. The molecule has 5 heteroatoms. The van der Waals surface area contributed by atoms with Crippen LogP contribution in [0.25, 0.3) is 11.3 Å². The molecule has 0 aliphatic heterocycles. The Morgan fingerprint density at radius 2 is 1.85 bits per heavy atom.